The lowest BCUT2D eigenvalue weighted by Crippen LogP contribution is -2.61. The Morgan fingerprint density at radius 2 is 1.53 bits per heavy atom. The number of carbonyl (C=O) groups excluding carboxylic acids is 1. The summed E-state index contributed by atoms with van der Waals surface area (Å²) in [6.45, 7) is 19.6. The number of hydrogen-bond donors (Lipinski definition) is 5. The molecular formula is C42H79N3O13. The van der Waals surface area contributed by atoms with E-state index in [4.69, 9.17) is 33.3 Å². The fourth-order valence-corrected chi connectivity index (χ4v) is 9.29. The van der Waals surface area contributed by atoms with Gasteiger partial charge in [0.05, 0.1) is 53.4 Å². The van der Waals surface area contributed by atoms with Crippen molar-refractivity contribution >= 4 is 11.7 Å². The first-order chi connectivity index (χ1) is 26.7. The molecule has 3 aliphatic rings. The van der Waals surface area contributed by atoms with Crippen LogP contribution in [0.25, 0.3) is 0 Å². The van der Waals surface area contributed by atoms with E-state index < -0.39 is 102 Å². The maximum absolute atomic E-state index is 14.4. The average molecular weight is 834 g/mol. The van der Waals surface area contributed by atoms with E-state index in [1.807, 2.05) is 58.8 Å². The highest BCUT2D eigenvalue weighted by molar-refractivity contribution is 5.88. The van der Waals surface area contributed by atoms with Gasteiger partial charge in [0, 0.05) is 43.9 Å². The van der Waals surface area contributed by atoms with Gasteiger partial charge in [-0.3, -0.25) is 4.79 Å². The lowest BCUT2D eigenvalue weighted by Gasteiger charge is -2.49. The molecule has 3 rings (SSSR count). The minimum Gasteiger partial charge on any atom is -0.459 e. The zero-order chi connectivity index (χ0) is 44.2. The van der Waals surface area contributed by atoms with E-state index in [0.717, 1.165) is 0 Å². The van der Waals surface area contributed by atoms with Gasteiger partial charge in [0.25, 0.3) is 0 Å². The highest BCUT2D eigenvalue weighted by Crippen LogP contribution is 2.41. The molecule has 0 spiro atoms. The van der Waals surface area contributed by atoms with Crippen LogP contribution in [0.15, 0.2) is 5.16 Å². The summed E-state index contributed by atoms with van der Waals surface area (Å²) in [6, 6.07) is -0.316. The van der Waals surface area contributed by atoms with Crippen LogP contribution in [0, 0.1) is 23.7 Å². The third-order valence-electron chi connectivity index (χ3n) is 12.8. The highest BCUT2D eigenvalue weighted by atomic mass is 16.7. The fraction of sp³-hybridized carbons (Fsp3) is 0.952. The van der Waals surface area contributed by atoms with Gasteiger partial charge in [-0.1, -0.05) is 32.9 Å². The monoisotopic (exact) mass is 834 g/mol. The summed E-state index contributed by atoms with van der Waals surface area (Å²) in [5.41, 5.74) is -4.35. The zero-order valence-electron chi connectivity index (χ0n) is 38.1. The number of cyclic esters (lactones) is 1. The number of rotatable bonds is 11. The molecule has 0 bridgehead atoms. The fourth-order valence-electron chi connectivity index (χ4n) is 9.29. The molecule has 16 nitrogen and oxygen atoms in total. The molecule has 0 amide bonds. The van der Waals surface area contributed by atoms with Gasteiger partial charge in [0.2, 0.25) is 0 Å². The van der Waals surface area contributed by atoms with Crippen LogP contribution >= 0.6 is 0 Å². The van der Waals surface area contributed by atoms with E-state index in [1.165, 1.54) is 14.0 Å². The van der Waals surface area contributed by atoms with Crippen LogP contribution in [0.4, 0.5) is 0 Å². The number of esters is 1. The molecule has 0 radical (unpaired) electrons. The number of ether oxygens (including phenoxy) is 6. The van der Waals surface area contributed by atoms with Crippen LogP contribution in [-0.4, -0.2) is 179 Å². The number of methoxy groups -OCH3 is 1. The first-order valence-electron chi connectivity index (χ1n) is 21.1. The summed E-state index contributed by atoms with van der Waals surface area (Å²) in [7, 11) is 9.07. The summed E-state index contributed by atoms with van der Waals surface area (Å²) in [5.74, 6) is -3.99. The molecule has 3 aliphatic heterocycles. The number of hydrogen-bond acceptors (Lipinski definition) is 16. The minimum atomic E-state index is -1.94. The Kier molecular flexibility index (Phi) is 18.0. The van der Waals surface area contributed by atoms with Crippen molar-refractivity contribution in [3.63, 3.8) is 0 Å². The van der Waals surface area contributed by atoms with Gasteiger partial charge in [-0.2, -0.15) is 0 Å². The Labute approximate surface area is 347 Å². The SMILES string of the molecule is CCC1OC(=O)[C@H](C)C(O[C@H]2C[C@@](C)(OC)[C@@H](O)[C@H](C)O2)[C@H](C)[C@@H](O[C@@H]2O[C@H](C)C[C@H](N(C)C)[C@H]2O)[C@](C)(O)C[C@@H](C)/C(=N\OC(C)CN(C)C)[C@H](C)[C@@H](O)[C@]1(C)O. The number of aliphatic hydroxyl groups excluding tert-OH is 3. The smallest absolute Gasteiger partial charge is 0.311 e. The lowest BCUT2D eigenvalue weighted by molar-refractivity contribution is -0.317. The molecule has 3 fully saturated rings. The zero-order valence-corrected chi connectivity index (χ0v) is 38.1. The summed E-state index contributed by atoms with van der Waals surface area (Å²) < 4.78 is 37.8. The van der Waals surface area contributed by atoms with Gasteiger partial charge in [-0.05, 0) is 95.9 Å². The van der Waals surface area contributed by atoms with Crippen molar-refractivity contribution in [2.45, 2.75) is 192 Å². The molecular weight excluding hydrogens is 754 g/mol. The average Bonchev–Trinajstić information content (AvgIpc) is 3.12. The maximum Gasteiger partial charge on any atom is 0.311 e. The predicted molar refractivity (Wildman–Crippen MR) is 218 cm³/mol. The topological polar surface area (TPSA) is 202 Å². The Bertz CT molecular complexity index is 1330. The van der Waals surface area contributed by atoms with Crippen LogP contribution in [0.2, 0.25) is 0 Å². The van der Waals surface area contributed by atoms with Gasteiger partial charge in [0.15, 0.2) is 12.6 Å². The normalized spacial score (nSPS) is 46.5. The van der Waals surface area contributed by atoms with Gasteiger partial charge in [0.1, 0.15) is 30.0 Å². The molecule has 3 saturated heterocycles. The van der Waals surface area contributed by atoms with E-state index in [1.54, 1.807) is 48.5 Å². The van der Waals surface area contributed by atoms with E-state index in [0.29, 0.717) is 18.7 Å². The molecule has 16 heteroatoms. The third kappa shape index (κ3) is 11.9. The molecule has 0 aliphatic carbocycles. The Hall–Kier alpha value is -1.54. The number of likely N-dealkylation sites (N-methyl/N-ethyl adjacent to an activating group) is 2. The number of carbonyl (C=O) groups is 1. The largest absolute Gasteiger partial charge is 0.459 e. The quantitative estimate of drug-likeness (QED) is 0.150. The highest BCUT2D eigenvalue weighted by Gasteiger charge is 2.53. The van der Waals surface area contributed by atoms with Crippen molar-refractivity contribution in [3.05, 3.63) is 0 Å². The van der Waals surface area contributed by atoms with Crippen molar-refractivity contribution in [1.29, 1.82) is 0 Å². The molecule has 0 aromatic rings. The maximum atomic E-state index is 14.4. The first-order valence-corrected chi connectivity index (χ1v) is 21.1. The number of oxime groups is 1. The van der Waals surface area contributed by atoms with Crippen molar-refractivity contribution in [2.75, 3.05) is 41.8 Å². The lowest BCUT2D eigenvalue weighted by atomic mass is 9.73. The third-order valence-corrected chi connectivity index (χ3v) is 12.8. The van der Waals surface area contributed by atoms with Crippen LogP contribution < -0.4 is 0 Å². The molecule has 19 atom stereocenters. The summed E-state index contributed by atoms with van der Waals surface area (Å²) in [5, 5.41) is 64.0. The molecule has 0 saturated carbocycles. The van der Waals surface area contributed by atoms with E-state index in [9.17, 15) is 30.3 Å². The van der Waals surface area contributed by atoms with Crippen molar-refractivity contribution < 1.29 is 63.6 Å². The Balaban J connectivity index is 2.26. The van der Waals surface area contributed by atoms with Crippen molar-refractivity contribution in [3.8, 4) is 0 Å². The minimum absolute atomic E-state index is 0.00853. The molecule has 340 valence electrons. The second-order valence-corrected chi connectivity index (χ2v) is 18.8. The van der Waals surface area contributed by atoms with Crippen LogP contribution in [0.3, 0.4) is 0 Å². The van der Waals surface area contributed by atoms with Crippen LogP contribution in [0.5, 0.6) is 0 Å². The molecule has 58 heavy (non-hydrogen) atoms. The Morgan fingerprint density at radius 1 is 0.914 bits per heavy atom. The second kappa shape index (κ2) is 20.6. The molecule has 3 unspecified atom stereocenters. The summed E-state index contributed by atoms with van der Waals surface area (Å²) in [6.07, 6.45) is -9.58. The first kappa shape index (κ1) is 50.8. The van der Waals surface area contributed by atoms with Gasteiger partial charge in [-0.25, -0.2) is 0 Å². The van der Waals surface area contributed by atoms with Gasteiger partial charge in [-0.15, -0.1) is 0 Å². The Morgan fingerprint density at radius 3 is 2.09 bits per heavy atom. The molecule has 0 aromatic heterocycles. The standard InChI is InChI=1S/C42H79N3O13/c1-17-30-42(11,51)35(47)25(5)32(43-58-24(4)21-44(12)13)22(2)19-40(9,50)37(57-39-33(46)29(45(14)15)18-23(3)53-39)26(6)34(27(7)38(49)55-30)56-31-20-41(10,52-16)36(48)28(8)54-31/h22-31,33-37,39,46-48,50-51H,17-21H2,1-16H3/b43-32+/t22-,23-,24?,25+,26+,27-,28+,29+,30?,31+,33-,34?,35-,36+,37-,39+,40-,41-,42-/m1/s1. The van der Waals surface area contributed by atoms with E-state index in [-0.39, 0.29) is 37.5 Å². The molecule has 5 N–H and O–H groups in total. The van der Waals surface area contributed by atoms with Gasteiger partial charge >= 0.3 is 5.97 Å². The van der Waals surface area contributed by atoms with Gasteiger partial charge < -0.3 is 68.6 Å². The predicted octanol–water partition coefficient (Wildman–Crippen LogP) is 2.54. The van der Waals surface area contributed by atoms with Crippen molar-refractivity contribution in [1.82, 2.24) is 9.80 Å². The van der Waals surface area contributed by atoms with Crippen molar-refractivity contribution in [2.24, 2.45) is 28.8 Å². The summed E-state index contributed by atoms with van der Waals surface area (Å²) >= 11 is 0. The molecule has 0 aromatic carbocycles. The second-order valence-electron chi connectivity index (χ2n) is 18.8. The number of aliphatic hydroxyl groups is 5. The van der Waals surface area contributed by atoms with E-state index in [2.05, 4.69) is 5.16 Å². The number of nitrogens with zero attached hydrogens (tertiary/aromatic N) is 3. The summed E-state index contributed by atoms with van der Waals surface area (Å²) in [4.78, 5) is 24.2. The molecule has 3 heterocycles. The van der Waals surface area contributed by atoms with Crippen LogP contribution in [-0.2, 0) is 38.1 Å². The van der Waals surface area contributed by atoms with E-state index >= 15 is 0 Å². The van der Waals surface area contributed by atoms with Crippen LogP contribution in [0.1, 0.15) is 102 Å².